The van der Waals surface area contributed by atoms with Crippen molar-refractivity contribution >= 4 is 53.1 Å². The summed E-state index contributed by atoms with van der Waals surface area (Å²) in [5, 5.41) is 1.05. The van der Waals surface area contributed by atoms with E-state index in [0.717, 1.165) is 0 Å². The monoisotopic (exact) mass is 425 g/mol. The molecule has 0 heterocycles. The first kappa shape index (κ1) is 19.7. The van der Waals surface area contributed by atoms with Crippen LogP contribution < -0.4 is 0 Å². The molecule has 0 saturated heterocycles. The molecule has 2 aromatic rings. The van der Waals surface area contributed by atoms with Crippen LogP contribution in [0.5, 0.6) is 0 Å². The van der Waals surface area contributed by atoms with E-state index in [1.54, 1.807) is 48.5 Å². The SMILES string of the molecule is O=[P+](OC[S@@](=O)c1ccc(Cl)cc1)OC[S@@](=O)c1ccc(Cl)cc1. The van der Waals surface area contributed by atoms with Gasteiger partial charge in [-0.25, -0.2) is 0 Å². The zero-order valence-corrected chi connectivity index (χ0v) is 16.1. The van der Waals surface area contributed by atoms with Crippen molar-refractivity contribution in [3.63, 3.8) is 0 Å². The van der Waals surface area contributed by atoms with E-state index in [1.165, 1.54) is 0 Å². The molecule has 0 bridgehead atoms. The maximum absolute atomic E-state index is 11.9. The van der Waals surface area contributed by atoms with Gasteiger partial charge in [-0.15, -0.1) is 9.05 Å². The van der Waals surface area contributed by atoms with Crippen LogP contribution in [0.3, 0.4) is 0 Å². The molecule has 2 aromatic carbocycles. The molecule has 2 atom stereocenters. The molecule has 0 radical (unpaired) electrons. The summed E-state index contributed by atoms with van der Waals surface area (Å²) in [5.74, 6) is -0.602. The number of hydrogen-bond acceptors (Lipinski definition) is 5. The lowest BCUT2D eigenvalue weighted by Crippen LogP contribution is -2.02. The Labute approximate surface area is 155 Å². The summed E-state index contributed by atoms with van der Waals surface area (Å²) in [7, 11) is -5.53. The molecule has 0 aromatic heterocycles. The van der Waals surface area contributed by atoms with Crippen molar-refractivity contribution < 1.29 is 22.0 Å². The van der Waals surface area contributed by atoms with Crippen LogP contribution in [0.15, 0.2) is 58.3 Å². The summed E-state index contributed by atoms with van der Waals surface area (Å²) in [6, 6.07) is 12.7. The highest BCUT2D eigenvalue weighted by Crippen LogP contribution is 2.26. The molecule has 0 aliphatic rings. The maximum Gasteiger partial charge on any atom is 0.699 e. The Hall–Kier alpha value is -0.660. The van der Waals surface area contributed by atoms with Crippen LogP contribution in [0.25, 0.3) is 0 Å². The minimum Gasteiger partial charge on any atom is -0.252 e. The van der Waals surface area contributed by atoms with E-state index in [4.69, 9.17) is 32.2 Å². The van der Waals surface area contributed by atoms with E-state index in [-0.39, 0.29) is 11.9 Å². The zero-order valence-electron chi connectivity index (χ0n) is 12.1. The molecule has 0 fully saturated rings. The van der Waals surface area contributed by atoms with E-state index in [0.29, 0.717) is 19.8 Å². The summed E-state index contributed by atoms with van der Waals surface area (Å²) >= 11 is 11.5. The molecule has 24 heavy (non-hydrogen) atoms. The van der Waals surface area contributed by atoms with Gasteiger partial charge in [0.1, 0.15) is 0 Å². The molecule has 0 spiro atoms. The third-order valence-electron chi connectivity index (χ3n) is 2.68. The topological polar surface area (TPSA) is 69.7 Å². The Morgan fingerprint density at radius 1 is 0.750 bits per heavy atom. The van der Waals surface area contributed by atoms with Gasteiger partial charge in [0.25, 0.3) is 0 Å². The molecule has 5 nitrogen and oxygen atoms in total. The van der Waals surface area contributed by atoms with E-state index < -0.39 is 29.9 Å². The van der Waals surface area contributed by atoms with Crippen molar-refractivity contribution in [2.75, 3.05) is 11.9 Å². The van der Waals surface area contributed by atoms with Crippen LogP contribution in [-0.2, 0) is 35.2 Å². The van der Waals surface area contributed by atoms with Crippen molar-refractivity contribution in [1.82, 2.24) is 0 Å². The van der Waals surface area contributed by atoms with Gasteiger partial charge in [-0.3, -0.25) is 8.42 Å². The van der Waals surface area contributed by atoms with E-state index in [9.17, 15) is 13.0 Å². The minimum atomic E-state index is -2.53. The van der Waals surface area contributed by atoms with E-state index in [2.05, 4.69) is 0 Å². The van der Waals surface area contributed by atoms with Gasteiger partial charge in [0.2, 0.25) is 0 Å². The van der Waals surface area contributed by atoms with Crippen LogP contribution in [0.1, 0.15) is 0 Å². The van der Waals surface area contributed by atoms with Crippen LogP contribution in [-0.4, -0.2) is 20.3 Å². The standard InChI is InChI=1S/C14H12Cl2O5PS2/c15-11-1-5-13(6-2-11)23(18)9-20-22(17)21-10-24(19)14-7-3-12(16)4-8-14/h1-8H,9-10H2/q+1/t23-,24-/m1/s1. The smallest absolute Gasteiger partial charge is 0.252 e. The second-order valence-electron chi connectivity index (χ2n) is 4.32. The Kier molecular flexibility index (Phi) is 7.97. The molecule has 10 heteroatoms. The van der Waals surface area contributed by atoms with Crippen molar-refractivity contribution in [3.05, 3.63) is 58.6 Å². The van der Waals surface area contributed by atoms with Gasteiger partial charge in [0, 0.05) is 24.4 Å². The summed E-state index contributed by atoms with van der Waals surface area (Å²) in [4.78, 5) is 0.986. The quantitative estimate of drug-likeness (QED) is 0.581. The molecular weight excluding hydrogens is 414 g/mol. The molecule has 0 amide bonds. The van der Waals surface area contributed by atoms with Crippen molar-refractivity contribution in [3.8, 4) is 0 Å². The van der Waals surface area contributed by atoms with Crippen molar-refractivity contribution in [1.29, 1.82) is 0 Å². The zero-order chi connectivity index (χ0) is 17.5. The Morgan fingerprint density at radius 2 is 1.08 bits per heavy atom. The van der Waals surface area contributed by atoms with Gasteiger partial charge in [0.05, 0.1) is 21.6 Å². The fraction of sp³-hybridized carbons (Fsp3) is 0.143. The Morgan fingerprint density at radius 3 is 1.42 bits per heavy atom. The van der Waals surface area contributed by atoms with E-state index >= 15 is 0 Å². The van der Waals surface area contributed by atoms with Gasteiger partial charge in [-0.2, -0.15) is 0 Å². The highest BCUT2D eigenvalue weighted by molar-refractivity contribution is 7.85. The molecule has 128 valence electrons. The highest BCUT2D eigenvalue weighted by atomic mass is 35.5. The number of halogens is 2. The fourth-order valence-electron chi connectivity index (χ4n) is 1.53. The summed E-state index contributed by atoms with van der Waals surface area (Å²) < 4.78 is 45.3. The average molecular weight is 426 g/mol. The number of benzene rings is 2. The molecule has 0 N–H and O–H groups in total. The largest absolute Gasteiger partial charge is 0.699 e. The van der Waals surface area contributed by atoms with Gasteiger partial charge in [0.15, 0.2) is 11.9 Å². The van der Waals surface area contributed by atoms with Gasteiger partial charge in [-0.05, 0) is 48.5 Å². The average Bonchev–Trinajstić information content (AvgIpc) is 2.58. The minimum absolute atomic E-state index is 0.301. The molecule has 2 rings (SSSR count). The third kappa shape index (κ3) is 6.33. The Bertz CT molecular complexity index is 689. The molecule has 0 saturated carbocycles. The lowest BCUT2D eigenvalue weighted by molar-refractivity contribution is 0.280. The van der Waals surface area contributed by atoms with Gasteiger partial charge in [-0.1, -0.05) is 23.2 Å². The van der Waals surface area contributed by atoms with Gasteiger partial charge < -0.3 is 0 Å². The summed E-state index contributed by atoms with van der Waals surface area (Å²) in [6.45, 7) is 0. The molecule has 0 unspecified atom stereocenters. The maximum atomic E-state index is 11.9. The van der Waals surface area contributed by atoms with Crippen LogP contribution in [0, 0.1) is 0 Å². The molecule has 0 aliphatic carbocycles. The van der Waals surface area contributed by atoms with Crippen LogP contribution in [0.2, 0.25) is 10.0 Å². The second kappa shape index (κ2) is 9.73. The first-order chi connectivity index (χ1) is 11.5. The number of hydrogen-bond donors (Lipinski definition) is 0. The fourth-order valence-corrected chi connectivity index (χ4v) is 4.46. The highest BCUT2D eigenvalue weighted by Gasteiger charge is 2.24. The van der Waals surface area contributed by atoms with Gasteiger partial charge >= 0.3 is 8.25 Å². The predicted molar refractivity (Wildman–Crippen MR) is 95.2 cm³/mol. The lowest BCUT2D eigenvalue weighted by atomic mass is 10.4. The molecular formula is C14H12Cl2O5PS2+. The first-order valence-corrected chi connectivity index (χ1v) is 11.0. The normalized spacial score (nSPS) is 13.4. The van der Waals surface area contributed by atoms with Crippen LogP contribution >= 0.6 is 31.5 Å². The Balaban J connectivity index is 1.77. The van der Waals surface area contributed by atoms with E-state index in [1.807, 2.05) is 0 Å². The summed E-state index contributed by atoms with van der Waals surface area (Å²) in [5.41, 5.74) is 0. The lowest BCUT2D eigenvalue weighted by Gasteiger charge is -1.99. The van der Waals surface area contributed by atoms with Crippen molar-refractivity contribution in [2.24, 2.45) is 0 Å². The summed E-state index contributed by atoms with van der Waals surface area (Å²) in [6.07, 6.45) is 0. The second-order valence-corrected chi connectivity index (χ2v) is 8.95. The molecule has 0 aliphatic heterocycles. The number of rotatable bonds is 8. The predicted octanol–water partition coefficient (Wildman–Crippen LogP) is 4.51. The van der Waals surface area contributed by atoms with Crippen molar-refractivity contribution in [2.45, 2.75) is 9.79 Å². The van der Waals surface area contributed by atoms with Crippen LogP contribution in [0.4, 0.5) is 0 Å². The third-order valence-corrected chi connectivity index (χ3v) is 6.48. The first-order valence-electron chi connectivity index (χ1n) is 6.46.